The topological polar surface area (TPSA) is 92.6 Å². The largest absolute Gasteiger partial charge is 0.507 e. The lowest BCUT2D eigenvalue weighted by Gasteiger charge is -2.23. The van der Waals surface area contributed by atoms with Crippen LogP contribution in [0, 0.1) is 12.7 Å². The molecule has 0 aliphatic carbocycles. The van der Waals surface area contributed by atoms with Crippen molar-refractivity contribution < 1.29 is 23.8 Å². The van der Waals surface area contributed by atoms with E-state index in [1.807, 2.05) is 25.1 Å². The molecule has 10 heteroatoms. The van der Waals surface area contributed by atoms with Gasteiger partial charge in [0.15, 0.2) is 4.34 Å². The molecule has 3 aromatic carbocycles. The van der Waals surface area contributed by atoms with Crippen molar-refractivity contribution in [2.24, 2.45) is 0 Å². The van der Waals surface area contributed by atoms with Crippen LogP contribution in [0.25, 0.3) is 5.76 Å². The molecule has 5 rings (SSSR count). The van der Waals surface area contributed by atoms with E-state index < -0.39 is 17.7 Å². The molecule has 1 unspecified atom stereocenters. The minimum Gasteiger partial charge on any atom is -0.507 e. The number of ether oxygens (including phenoxy) is 1. The Morgan fingerprint density at radius 3 is 2.60 bits per heavy atom. The zero-order valence-electron chi connectivity index (χ0n) is 23.2. The van der Waals surface area contributed by atoms with Gasteiger partial charge in [-0.25, -0.2) is 4.39 Å². The van der Waals surface area contributed by atoms with Crippen molar-refractivity contribution in [3.05, 3.63) is 106 Å². The summed E-state index contributed by atoms with van der Waals surface area (Å²) in [7, 11) is 0. The third kappa shape index (κ3) is 6.39. The highest BCUT2D eigenvalue weighted by Crippen LogP contribution is 2.44. The van der Waals surface area contributed by atoms with Gasteiger partial charge in [0.1, 0.15) is 17.3 Å². The lowest BCUT2D eigenvalue weighted by atomic mass is 9.95. The SMILES string of the molecule is CCCCCOc1cccc(C2/C(=C(\O)c3ccc(C)cc3)C(=O)C(=O)N2c2nnc(SCc3ccccc3F)s2)c1. The van der Waals surface area contributed by atoms with Crippen LogP contribution in [-0.4, -0.2) is 33.6 Å². The van der Waals surface area contributed by atoms with Gasteiger partial charge >= 0.3 is 5.91 Å². The van der Waals surface area contributed by atoms with Crippen molar-refractivity contribution in [1.29, 1.82) is 0 Å². The van der Waals surface area contributed by atoms with Gasteiger partial charge in [0.2, 0.25) is 5.13 Å². The van der Waals surface area contributed by atoms with E-state index in [9.17, 15) is 19.1 Å². The number of aryl methyl sites for hydroxylation is 1. The molecule has 1 saturated heterocycles. The fourth-order valence-electron chi connectivity index (χ4n) is 4.64. The molecule has 1 aromatic heterocycles. The number of amides is 1. The molecule has 1 fully saturated rings. The summed E-state index contributed by atoms with van der Waals surface area (Å²) >= 11 is 2.42. The van der Waals surface area contributed by atoms with E-state index >= 15 is 0 Å². The molecule has 1 N–H and O–H groups in total. The van der Waals surface area contributed by atoms with Crippen LogP contribution < -0.4 is 9.64 Å². The second-order valence-electron chi connectivity index (χ2n) is 9.89. The van der Waals surface area contributed by atoms with E-state index in [0.29, 0.717) is 39.1 Å². The Balaban J connectivity index is 1.52. The Morgan fingerprint density at radius 2 is 1.83 bits per heavy atom. The fourth-order valence-corrected chi connectivity index (χ4v) is 6.50. The van der Waals surface area contributed by atoms with Crippen molar-refractivity contribution in [2.45, 2.75) is 49.2 Å². The number of carbonyl (C=O) groups is 2. The first-order valence-electron chi connectivity index (χ1n) is 13.7. The number of hydrogen-bond acceptors (Lipinski definition) is 8. The van der Waals surface area contributed by atoms with Crippen LogP contribution in [0.15, 0.2) is 82.7 Å². The van der Waals surface area contributed by atoms with Crippen molar-refractivity contribution in [2.75, 3.05) is 11.5 Å². The molecule has 1 amide bonds. The standard InChI is InChI=1S/C32H30FN3O4S2/c1-3-4-7-17-40-24-11-8-10-22(18-24)27-26(28(37)21-15-13-20(2)14-16-21)29(38)30(39)36(27)31-34-35-32(42-31)41-19-23-9-5-6-12-25(23)33/h5-6,8-16,18,27,37H,3-4,7,17,19H2,1-2H3/b28-26+. The van der Waals surface area contributed by atoms with Crippen molar-refractivity contribution in [3.8, 4) is 5.75 Å². The van der Waals surface area contributed by atoms with Gasteiger partial charge < -0.3 is 9.84 Å². The number of aliphatic hydroxyl groups excluding tert-OH is 1. The Hall–Kier alpha value is -4.02. The van der Waals surface area contributed by atoms with Crippen molar-refractivity contribution in [3.63, 3.8) is 0 Å². The molecule has 0 spiro atoms. The van der Waals surface area contributed by atoms with Crippen LogP contribution in [0.3, 0.4) is 0 Å². The zero-order chi connectivity index (χ0) is 29.6. The molecule has 0 bridgehead atoms. The number of aromatic nitrogens is 2. The summed E-state index contributed by atoms with van der Waals surface area (Å²) in [6.07, 6.45) is 3.02. The minimum absolute atomic E-state index is 0.0391. The van der Waals surface area contributed by atoms with Gasteiger partial charge in [0, 0.05) is 11.3 Å². The monoisotopic (exact) mass is 603 g/mol. The predicted octanol–water partition coefficient (Wildman–Crippen LogP) is 7.47. The number of unbranched alkanes of at least 4 members (excludes halogenated alkanes) is 2. The lowest BCUT2D eigenvalue weighted by Crippen LogP contribution is -2.29. The predicted molar refractivity (Wildman–Crippen MR) is 163 cm³/mol. The molecule has 1 atom stereocenters. The van der Waals surface area contributed by atoms with Crippen molar-refractivity contribution in [1.82, 2.24) is 10.2 Å². The molecular formula is C32H30FN3O4S2. The Labute approximate surface area is 252 Å². The molecule has 0 saturated carbocycles. The highest BCUT2D eigenvalue weighted by Gasteiger charge is 2.48. The number of thioether (sulfide) groups is 1. The summed E-state index contributed by atoms with van der Waals surface area (Å²) in [5.41, 5.74) is 2.49. The van der Waals surface area contributed by atoms with Crippen LogP contribution in [0.2, 0.25) is 0 Å². The molecule has 42 heavy (non-hydrogen) atoms. The average Bonchev–Trinajstić information content (AvgIpc) is 3.57. The second-order valence-corrected chi connectivity index (χ2v) is 12.1. The van der Waals surface area contributed by atoms with Crippen LogP contribution in [0.5, 0.6) is 5.75 Å². The number of hydrogen-bond donors (Lipinski definition) is 1. The van der Waals surface area contributed by atoms with Gasteiger partial charge in [-0.15, -0.1) is 10.2 Å². The Morgan fingerprint density at radius 1 is 1.05 bits per heavy atom. The lowest BCUT2D eigenvalue weighted by molar-refractivity contribution is -0.132. The summed E-state index contributed by atoms with van der Waals surface area (Å²) in [5, 5.41) is 20.0. The van der Waals surface area contributed by atoms with Crippen LogP contribution in [0.4, 0.5) is 9.52 Å². The molecule has 7 nitrogen and oxygen atoms in total. The third-order valence-electron chi connectivity index (χ3n) is 6.87. The van der Waals surface area contributed by atoms with Gasteiger partial charge in [-0.05, 0) is 42.7 Å². The summed E-state index contributed by atoms with van der Waals surface area (Å²) in [6, 6.07) is 19.8. The third-order valence-corrected chi connectivity index (χ3v) is 8.98. The van der Waals surface area contributed by atoms with E-state index in [0.717, 1.165) is 36.2 Å². The van der Waals surface area contributed by atoms with E-state index in [4.69, 9.17) is 4.74 Å². The maximum absolute atomic E-state index is 14.1. The maximum Gasteiger partial charge on any atom is 0.301 e. The van der Waals surface area contributed by atoms with E-state index in [-0.39, 0.29) is 22.3 Å². The van der Waals surface area contributed by atoms with Gasteiger partial charge in [-0.3, -0.25) is 14.5 Å². The first-order chi connectivity index (χ1) is 20.4. The zero-order valence-corrected chi connectivity index (χ0v) is 24.9. The number of nitrogens with zero attached hydrogens (tertiary/aromatic N) is 3. The quantitative estimate of drug-likeness (QED) is 0.0475. The number of ketones is 1. The molecule has 216 valence electrons. The fraction of sp³-hybridized carbons (Fsp3) is 0.250. The molecule has 1 aliphatic heterocycles. The highest BCUT2D eigenvalue weighted by atomic mass is 32.2. The van der Waals surface area contributed by atoms with Gasteiger partial charge in [0.05, 0.1) is 18.2 Å². The van der Waals surface area contributed by atoms with E-state index in [1.54, 1.807) is 48.5 Å². The summed E-state index contributed by atoms with van der Waals surface area (Å²) < 4.78 is 20.6. The summed E-state index contributed by atoms with van der Waals surface area (Å²) in [5.74, 6) is -1.29. The van der Waals surface area contributed by atoms with Gasteiger partial charge in [0.25, 0.3) is 5.78 Å². The minimum atomic E-state index is -0.956. The van der Waals surface area contributed by atoms with Crippen LogP contribution in [-0.2, 0) is 15.3 Å². The van der Waals surface area contributed by atoms with Gasteiger partial charge in [-0.1, -0.05) is 103 Å². The summed E-state index contributed by atoms with van der Waals surface area (Å²) in [6.45, 7) is 4.58. The normalized spacial score (nSPS) is 16.3. The number of aliphatic hydroxyl groups is 1. The number of halogens is 1. The highest BCUT2D eigenvalue weighted by molar-refractivity contribution is 8.00. The number of carbonyl (C=O) groups excluding carboxylic acids is 2. The first-order valence-corrected chi connectivity index (χ1v) is 15.5. The van der Waals surface area contributed by atoms with Crippen LogP contribution in [0.1, 0.15) is 54.5 Å². The molecule has 1 aliphatic rings. The van der Waals surface area contributed by atoms with Crippen molar-refractivity contribution >= 4 is 45.7 Å². The molecular weight excluding hydrogens is 574 g/mol. The smallest absolute Gasteiger partial charge is 0.301 e. The molecule has 0 radical (unpaired) electrons. The second kappa shape index (κ2) is 13.3. The van der Waals surface area contributed by atoms with Gasteiger partial charge in [-0.2, -0.15) is 0 Å². The Kier molecular flexibility index (Phi) is 9.34. The summed E-state index contributed by atoms with van der Waals surface area (Å²) in [4.78, 5) is 28.3. The average molecular weight is 604 g/mol. The first kappa shape index (κ1) is 29.5. The number of anilines is 1. The molecule has 2 heterocycles. The number of benzene rings is 3. The Bertz CT molecular complexity index is 1620. The van der Waals surface area contributed by atoms with E-state index in [2.05, 4.69) is 17.1 Å². The van der Waals surface area contributed by atoms with E-state index in [1.165, 1.54) is 22.7 Å². The number of Topliss-reactive ketones (excluding diaryl/α,β-unsaturated/α-hetero) is 1. The van der Waals surface area contributed by atoms with Crippen LogP contribution >= 0.6 is 23.1 Å². The number of rotatable bonds is 11. The maximum atomic E-state index is 14.1. The molecule has 4 aromatic rings.